The van der Waals surface area contributed by atoms with Crippen molar-refractivity contribution in [2.75, 3.05) is 14.2 Å². The summed E-state index contributed by atoms with van der Waals surface area (Å²) in [4.78, 5) is 4.92. The van der Waals surface area contributed by atoms with Crippen molar-refractivity contribution < 1.29 is 14.6 Å². The van der Waals surface area contributed by atoms with Crippen molar-refractivity contribution in [3.8, 4) is 28.5 Å². The van der Waals surface area contributed by atoms with Crippen LogP contribution in [-0.4, -0.2) is 34.5 Å². The first kappa shape index (κ1) is 19.9. The molecule has 2 N–H and O–H groups in total. The van der Waals surface area contributed by atoms with Crippen LogP contribution in [0.4, 0.5) is 0 Å². The van der Waals surface area contributed by atoms with Crippen molar-refractivity contribution in [1.82, 2.24) is 15.2 Å². The Morgan fingerprint density at radius 1 is 0.906 bits per heavy atom. The summed E-state index contributed by atoms with van der Waals surface area (Å²) in [5.74, 6) is 1.48. The number of hydrogen-bond acceptors (Lipinski definition) is 5. The Kier molecular flexibility index (Phi) is 4.90. The first-order valence-electron chi connectivity index (χ1n) is 10.3. The van der Waals surface area contributed by atoms with Gasteiger partial charge in [-0.05, 0) is 48.9 Å². The zero-order valence-electron chi connectivity index (χ0n) is 18.1. The van der Waals surface area contributed by atoms with Crippen LogP contribution in [0.1, 0.15) is 16.8 Å². The lowest BCUT2D eigenvalue weighted by Gasteiger charge is -2.13. The minimum atomic E-state index is 0.209. The number of hydrogen-bond donors (Lipinski definition) is 2. The SMILES string of the molecule is COc1cc2c(-c3ccc(O)cc3)nc3[nH]nc(Cc4cccc(C)c4)c3c2cc1OC. The summed E-state index contributed by atoms with van der Waals surface area (Å²) in [6, 6.07) is 19.4. The lowest BCUT2D eigenvalue weighted by Crippen LogP contribution is -1.95. The number of aromatic hydroxyl groups is 1. The summed E-state index contributed by atoms with van der Waals surface area (Å²) >= 11 is 0. The number of aryl methyl sites for hydroxylation is 1. The number of aromatic amines is 1. The molecule has 5 aromatic rings. The number of phenolic OH excluding ortho intramolecular Hbond substituents is 1. The molecule has 0 aliphatic heterocycles. The van der Waals surface area contributed by atoms with Crippen molar-refractivity contribution in [1.29, 1.82) is 0 Å². The van der Waals surface area contributed by atoms with E-state index in [9.17, 15) is 5.11 Å². The number of pyridine rings is 1. The van der Waals surface area contributed by atoms with Crippen molar-refractivity contribution >= 4 is 21.8 Å². The number of aromatic nitrogens is 3. The van der Waals surface area contributed by atoms with E-state index in [1.165, 1.54) is 11.1 Å². The number of rotatable bonds is 5. The zero-order chi connectivity index (χ0) is 22.2. The summed E-state index contributed by atoms with van der Waals surface area (Å²) < 4.78 is 11.2. The molecule has 0 spiro atoms. The monoisotopic (exact) mass is 425 g/mol. The van der Waals surface area contributed by atoms with Crippen LogP contribution < -0.4 is 9.47 Å². The smallest absolute Gasteiger partial charge is 0.161 e. The van der Waals surface area contributed by atoms with Gasteiger partial charge in [0.25, 0.3) is 0 Å². The molecule has 160 valence electrons. The summed E-state index contributed by atoms with van der Waals surface area (Å²) in [6.45, 7) is 2.09. The van der Waals surface area contributed by atoms with Gasteiger partial charge in [0.15, 0.2) is 17.1 Å². The van der Waals surface area contributed by atoms with E-state index in [1.54, 1.807) is 26.4 Å². The fourth-order valence-corrected chi connectivity index (χ4v) is 4.17. The first-order valence-corrected chi connectivity index (χ1v) is 10.3. The Morgan fingerprint density at radius 3 is 2.31 bits per heavy atom. The van der Waals surface area contributed by atoms with Crippen LogP contribution in [0.5, 0.6) is 17.2 Å². The number of methoxy groups -OCH3 is 2. The Morgan fingerprint density at radius 2 is 1.62 bits per heavy atom. The average molecular weight is 425 g/mol. The van der Waals surface area contributed by atoms with Crippen molar-refractivity contribution in [3.05, 3.63) is 77.5 Å². The van der Waals surface area contributed by atoms with Gasteiger partial charge in [-0.2, -0.15) is 5.10 Å². The van der Waals surface area contributed by atoms with Gasteiger partial charge in [0, 0.05) is 22.8 Å². The van der Waals surface area contributed by atoms with E-state index in [0.717, 1.165) is 33.1 Å². The van der Waals surface area contributed by atoms with Crippen LogP contribution in [0.25, 0.3) is 33.1 Å². The van der Waals surface area contributed by atoms with E-state index in [-0.39, 0.29) is 5.75 Å². The molecule has 6 heteroatoms. The van der Waals surface area contributed by atoms with Gasteiger partial charge in [0.2, 0.25) is 0 Å². The number of nitrogens with zero attached hydrogens (tertiary/aromatic N) is 2. The van der Waals surface area contributed by atoms with E-state index in [0.29, 0.717) is 23.6 Å². The maximum absolute atomic E-state index is 9.73. The summed E-state index contributed by atoms with van der Waals surface area (Å²) in [5.41, 5.74) is 5.69. The van der Waals surface area contributed by atoms with Gasteiger partial charge in [-0.3, -0.25) is 5.10 Å². The van der Waals surface area contributed by atoms with Crippen LogP contribution >= 0.6 is 0 Å². The molecule has 32 heavy (non-hydrogen) atoms. The molecule has 0 amide bonds. The molecule has 0 atom stereocenters. The van der Waals surface area contributed by atoms with E-state index in [1.807, 2.05) is 24.3 Å². The van der Waals surface area contributed by atoms with Crippen molar-refractivity contribution in [2.24, 2.45) is 0 Å². The van der Waals surface area contributed by atoms with Gasteiger partial charge in [0.05, 0.1) is 31.0 Å². The maximum Gasteiger partial charge on any atom is 0.161 e. The predicted molar refractivity (Wildman–Crippen MR) is 126 cm³/mol. The third-order valence-electron chi connectivity index (χ3n) is 5.69. The van der Waals surface area contributed by atoms with Gasteiger partial charge >= 0.3 is 0 Å². The maximum atomic E-state index is 9.73. The highest BCUT2D eigenvalue weighted by molar-refractivity contribution is 6.12. The minimum Gasteiger partial charge on any atom is -0.508 e. The lowest BCUT2D eigenvalue weighted by atomic mass is 9.98. The normalized spacial score (nSPS) is 11.2. The Hall–Kier alpha value is -4.06. The van der Waals surface area contributed by atoms with Crippen molar-refractivity contribution in [3.63, 3.8) is 0 Å². The number of phenols is 1. The Bertz CT molecular complexity index is 1440. The molecule has 0 fully saturated rings. The molecule has 0 aliphatic rings. The highest BCUT2D eigenvalue weighted by Gasteiger charge is 2.19. The van der Waals surface area contributed by atoms with Gasteiger partial charge < -0.3 is 14.6 Å². The van der Waals surface area contributed by atoms with Crippen LogP contribution in [0, 0.1) is 6.92 Å². The number of ether oxygens (including phenoxy) is 2. The van der Waals surface area contributed by atoms with Gasteiger partial charge in [-0.25, -0.2) is 4.98 Å². The fraction of sp³-hybridized carbons (Fsp3) is 0.154. The van der Waals surface area contributed by atoms with Gasteiger partial charge in [0.1, 0.15) is 5.75 Å². The molecule has 0 saturated carbocycles. The predicted octanol–water partition coefficient (Wildman–Crippen LogP) is 5.40. The third kappa shape index (κ3) is 3.39. The molecule has 0 saturated heterocycles. The molecule has 2 heterocycles. The molecule has 0 unspecified atom stereocenters. The highest BCUT2D eigenvalue weighted by atomic mass is 16.5. The molecular weight excluding hydrogens is 402 g/mol. The zero-order valence-corrected chi connectivity index (χ0v) is 18.1. The molecule has 2 aromatic heterocycles. The third-order valence-corrected chi connectivity index (χ3v) is 5.69. The molecular formula is C26H23N3O3. The van der Waals surface area contributed by atoms with Gasteiger partial charge in [-0.1, -0.05) is 29.8 Å². The average Bonchev–Trinajstić information content (AvgIpc) is 3.20. The molecule has 0 aliphatic carbocycles. The molecule has 0 bridgehead atoms. The molecule has 0 radical (unpaired) electrons. The van der Waals surface area contributed by atoms with E-state index >= 15 is 0 Å². The number of benzene rings is 3. The highest BCUT2D eigenvalue weighted by Crippen LogP contribution is 2.40. The molecule has 6 nitrogen and oxygen atoms in total. The second-order valence-corrected chi connectivity index (χ2v) is 7.82. The number of nitrogens with one attached hydrogen (secondary N) is 1. The van der Waals surface area contributed by atoms with Crippen LogP contribution in [0.15, 0.2) is 60.7 Å². The van der Waals surface area contributed by atoms with Gasteiger partial charge in [-0.15, -0.1) is 0 Å². The summed E-state index contributed by atoms with van der Waals surface area (Å²) in [7, 11) is 3.25. The van der Waals surface area contributed by atoms with Crippen molar-refractivity contribution in [2.45, 2.75) is 13.3 Å². The van der Waals surface area contributed by atoms with Crippen LogP contribution in [0.2, 0.25) is 0 Å². The van der Waals surface area contributed by atoms with E-state index in [2.05, 4.69) is 41.4 Å². The Balaban J connectivity index is 1.80. The number of H-pyrrole nitrogens is 1. The largest absolute Gasteiger partial charge is 0.508 e. The molecule has 3 aromatic carbocycles. The topological polar surface area (TPSA) is 80.3 Å². The quantitative estimate of drug-likeness (QED) is 0.394. The second-order valence-electron chi connectivity index (χ2n) is 7.82. The van der Waals surface area contributed by atoms with Crippen LogP contribution in [0.3, 0.4) is 0 Å². The Labute approximate surface area is 185 Å². The fourth-order valence-electron chi connectivity index (χ4n) is 4.17. The minimum absolute atomic E-state index is 0.209. The summed E-state index contributed by atoms with van der Waals surface area (Å²) in [6.07, 6.45) is 0.686. The van der Waals surface area contributed by atoms with E-state index in [4.69, 9.17) is 14.5 Å². The van der Waals surface area contributed by atoms with E-state index < -0.39 is 0 Å². The molecule has 5 rings (SSSR count). The summed E-state index contributed by atoms with van der Waals surface area (Å²) in [5, 5.41) is 20.3. The lowest BCUT2D eigenvalue weighted by molar-refractivity contribution is 0.356. The second kappa shape index (κ2) is 7.89. The number of fused-ring (bicyclic) bond motifs is 3. The van der Waals surface area contributed by atoms with Crippen LogP contribution in [-0.2, 0) is 6.42 Å². The first-order chi connectivity index (χ1) is 15.6. The standard InChI is InChI=1S/C26H23N3O3/c1-15-5-4-6-16(11-15)12-21-24-19-13-22(31-2)23(32-3)14-20(19)25(27-26(24)29-28-21)17-7-9-18(30)10-8-17/h4-11,13-14,30H,12H2,1-3H3,(H,27,28,29).